The van der Waals surface area contributed by atoms with Crippen LogP contribution in [0.3, 0.4) is 0 Å². The first-order chi connectivity index (χ1) is 23.5. The second-order valence-electron chi connectivity index (χ2n) is 12.5. The maximum absolute atomic E-state index is 13.9. The third kappa shape index (κ3) is 6.76. The van der Waals surface area contributed by atoms with Crippen molar-refractivity contribution in [2.75, 3.05) is 18.6 Å². The number of halogens is 2. The molecule has 0 radical (unpaired) electrons. The molecule has 0 saturated carbocycles. The number of phenols is 1. The molecule has 2 heterocycles. The number of amides is 2. The largest absolute Gasteiger partial charge is 0.508 e. The van der Waals surface area contributed by atoms with Gasteiger partial charge in [0.1, 0.15) is 47.9 Å². The number of anilines is 1. The molecule has 8 atom stereocenters. The number of aliphatic hydroxyl groups is 5. The second-order valence-corrected chi connectivity index (χ2v) is 12.5. The normalized spacial score (nSPS) is 26.3. The fourth-order valence-corrected chi connectivity index (χ4v) is 6.78. The van der Waals surface area contributed by atoms with Gasteiger partial charge in [-0.2, -0.15) is 0 Å². The van der Waals surface area contributed by atoms with Gasteiger partial charge < -0.3 is 40.3 Å². The molecule has 10 nitrogen and oxygen atoms in total. The van der Waals surface area contributed by atoms with Crippen molar-refractivity contribution in [3.63, 3.8) is 0 Å². The second kappa shape index (κ2) is 14.2. The lowest BCUT2D eigenvalue weighted by molar-refractivity contribution is -0.231. The summed E-state index contributed by atoms with van der Waals surface area (Å²) in [6, 6.07) is 21.3. The molecule has 49 heavy (non-hydrogen) atoms. The molecular weight excluding hydrogens is 638 g/mol. The van der Waals surface area contributed by atoms with Crippen LogP contribution in [0.1, 0.15) is 47.8 Å². The van der Waals surface area contributed by atoms with Crippen LogP contribution in [0.5, 0.6) is 5.75 Å². The molecule has 12 heteroatoms. The van der Waals surface area contributed by atoms with E-state index in [9.17, 15) is 44.2 Å². The van der Waals surface area contributed by atoms with Gasteiger partial charge >= 0.3 is 6.03 Å². The molecule has 0 spiro atoms. The zero-order chi connectivity index (χ0) is 35.0. The van der Waals surface area contributed by atoms with E-state index in [0.29, 0.717) is 39.9 Å². The highest BCUT2D eigenvalue weighted by atomic mass is 19.1. The molecule has 2 saturated heterocycles. The number of hydrogen-bond donors (Lipinski definition) is 6. The highest BCUT2D eigenvalue weighted by Crippen LogP contribution is 2.45. The van der Waals surface area contributed by atoms with Crippen LogP contribution in [-0.2, 0) is 4.74 Å². The molecule has 6 rings (SSSR count). The number of rotatable bonds is 9. The number of likely N-dealkylation sites (N-methyl/N-ethyl adjacent to an activating group) is 1. The van der Waals surface area contributed by atoms with E-state index in [1.165, 1.54) is 58.3 Å². The Morgan fingerprint density at radius 1 is 0.816 bits per heavy atom. The first-order valence-electron chi connectivity index (χ1n) is 16.0. The van der Waals surface area contributed by atoms with Crippen LogP contribution in [0.25, 0.3) is 11.1 Å². The lowest BCUT2D eigenvalue weighted by Gasteiger charge is -2.40. The van der Waals surface area contributed by atoms with Crippen LogP contribution in [0.15, 0.2) is 91.0 Å². The molecule has 0 bridgehead atoms. The van der Waals surface area contributed by atoms with Gasteiger partial charge in [-0.15, -0.1) is 0 Å². The van der Waals surface area contributed by atoms with E-state index in [1.807, 2.05) is 0 Å². The highest BCUT2D eigenvalue weighted by Gasteiger charge is 2.47. The third-order valence-electron chi connectivity index (χ3n) is 9.56. The number of ether oxygens (including phenoxy) is 1. The quantitative estimate of drug-likeness (QED) is 0.153. The van der Waals surface area contributed by atoms with Crippen molar-refractivity contribution in [1.29, 1.82) is 0 Å². The Morgan fingerprint density at radius 3 is 2.04 bits per heavy atom. The Hall–Kier alpha value is -4.43. The topological polar surface area (TPSA) is 154 Å². The van der Waals surface area contributed by atoms with Gasteiger partial charge in [0.05, 0.1) is 24.8 Å². The Bertz CT molecular complexity index is 1760. The van der Waals surface area contributed by atoms with Gasteiger partial charge in [-0.25, -0.2) is 13.6 Å². The number of urea groups is 1. The van der Waals surface area contributed by atoms with Crippen LogP contribution in [0.4, 0.5) is 19.3 Å². The van der Waals surface area contributed by atoms with Crippen molar-refractivity contribution in [2.45, 2.75) is 61.5 Å². The first kappa shape index (κ1) is 34.4. The van der Waals surface area contributed by atoms with Gasteiger partial charge in [-0.1, -0.05) is 48.5 Å². The molecule has 258 valence electrons. The van der Waals surface area contributed by atoms with E-state index in [4.69, 9.17) is 4.74 Å². The summed E-state index contributed by atoms with van der Waals surface area (Å²) < 4.78 is 33.0. The number of phenolic OH excluding ortho intramolecular Hbond substituents is 1. The SMILES string of the molecule is CN1C(=O)N(c2ccc(F)cc2)[C@H](c2ccc(-c3ccc(C4O[C@H](CO)[C@@H](O)[C@H](O)[C@H]4O)cc3)cc2O)[C@H]1CC[C@H](O)c1ccc(F)cc1. The van der Waals surface area contributed by atoms with Crippen molar-refractivity contribution in [3.05, 3.63) is 119 Å². The van der Waals surface area contributed by atoms with Gasteiger partial charge in [0.15, 0.2) is 0 Å². The molecule has 6 N–H and O–H groups in total. The standard InChI is InChI=1S/C37H38F2N2O8/c1-40-28(16-17-29(43)21-6-9-24(38)10-7-21)32(41(37(40)48)26-13-11-25(39)12-14-26)27-15-8-23(18-30(27)44)20-2-4-22(5-3-20)36-35(47)34(46)33(45)31(19-42)49-36/h2-15,18,28-29,31-36,42-47H,16-17,19H2,1H3/t28-,29+,31-,32-,33-,34+,35-,36?/m1/s1. The van der Waals surface area contributed by atoms with Gasteiger partial charge in [0.2, 0.25) is 0 Å². The van der Waals surface area contributed by atoms with E-state index in [0.717, 1.165) is 0 Å². The number of nitrogens with zero attached hydrogens (tertiary/aromatic N) is 2. The molecule has 2 amide bonds. The average molecular weight is 677 g/mol. The van der Waals surface area contributed by atoms with E-state index in [-0.39, 0.29) is 18.2 Å². The van der Waals surface area contributed by atoms with Crippen molar-refractivity contribution >= 4 is 11.7 Å². The predicted molar refractivity (Wildman–Crippen MR) is 175 cm³/mol. The van der Waals surface area contributed by atoms with Gasteiger partial charge in [-0.3, -0.25) is 4.90 Å². The maximum atomic E-state index is 13.9. The predicted octanol–water partition coefficient (Wildman–Crippen LogP) is 4.35. The zero-order valence-electron chi connectivity index (χ0n) is 26.6. The fourth-order valence-electron chi connectivity index (χ4n) is 6.78. The van der Waals surface area contributed by atoms with Crippen LogP contribution in [0.2, 0.25) is 0 Å². The molecular formula is C37H38F2N2O8. The minimum absolute atomic E-state index is 0.0974. The van der Waals surface area contributed by atoms with Crippen molar-refractivity contribution in [2.24, 2.45) is 0 Å². The summed E-state index contributed by atoms with van der Waals surface area (Å²) in [5, 5.41) is 62.7. The Labute approximate surface area is 281 Å². The minimum Gasteiger partial charge on any atom is -0.508 e. The summed E-state index contributed by atoms with van der Waals surface area (Å²) in [6.07, 6.45) is -6.80. The molecule has 4 aromatic rings. The van der Waals surface area contributed by atoms with Gasteiger partial charge in [-0.05, 0) is 77.6 Å². The number of hydrogen-bond acceptors (Lipinski definition) is 8. The Balaban J connectivity index is 1.29. The zero-order valence-corrected chi connectivity index (χ0v) is 26.6. The molecule has 1 unspecified atom stereocenters. The minimum atomic E-state index is -1.51. The van der Waals surface area contributed by atoms with E-state index in [2.05, 4.69) is 0 Å². The summed E-state index contributed by atoms with van der Waals surface area (Å²) in [7, 11) is 1.64. The third-order valence-corrected chi connectivity index (χ3v) is 9.56. The smallest absolute Gasteiger partial charge is 0.325 e. The van der Waals surface area contributed by atoms with Crippen molar-refractivity contribution in [1.82, 2.24) is 4.90 Å². The molecule has 2 aliphatic rings. The van der Waals surface area contributed by atoms with Crippen LogP contribution in [0, 0.1) is 11.6 Å². The first-order valence-corrected chi connectivity index (χ1v) is 16.0. The lowest BCUT2D eigenvalue weighted by Crippen LogP contribution is -2.55. The lowest BCUT2D eigenvalue weighted by atomic mass is 9.89. The van der Waals surface area contributed by atoms with Crippen molar-refractivity contribution < 1.29 is 49.0 Å². The molecule has 4 aromatic carbocycles. The van der Waals surface area contributed by atoms with E-state index in [1.54, 1.807) is 49.5 Å². The van der Waals surface area contributed by atoms with Crippen molar-refractivity contribution in [3.8, 4) is 16.9 Å². The average Bonchev–Trinajstić information content (AvgIpc) is 3.35. The number of carbonyl (C=O) groups excluding carboxylic acids is 1. The summed E-state index contributed by atoms with van der Waals surface area (Å²) >= 11 is 0. The Morgan fingerprint density at radius 2 is 1.43 bits per heavy atom. The molecule has 2 aliphatic heterocycles. The molecule has 2 fully saturated rings. The Kier molecular flexibility index (Phi) is 9.98. The number of aliphatic hydroxyl groups excluding tert-OH is 5. The maximum Gasteiger partial charge on any atom is 0.325 e. The summed E-state index contributed by atoms with van der Waals surface area (Å²) in [4.78, 5) is 16.7. The van der Waals surface area contributed by atoms with E-state index >= 15 is 0 Å². The monoisotopic (exact) mass is 676 g/mol. The molecule has 0 aliphatic carbocycles. The van der Waals surface area contributed by atoms with Crippen LogP contribution < -0.4 is 4.90 Å². The van der Waals surface area contributed by atoms with Gasteiger partial charge in [0, 0.05) is 18.3 Å². The fraction of sp³-hybridized carbons (Fsp3) is 0.324. The summed E-state index contributed by atoms with van der Waals surface area (Å²) in [5.74, 6) is -0.986. The van der Waals surface area contributed by atoms with Crippen LogP contribution in [-0.4, -0.2) is 85.7 Å². The van der Waals surface area contributed by atoms with Crippen LogP contribution >= 0.6 is 0 Å². The molecule has 0 aromatic heterocycles. The summed E-state index contributed by atoms with van der Waals surface area (Å²) in [5.41, 5.74) is 3.24. The highest BCUT2D eigenvalue weighted by molar-refractivity contribution is 5.96. The number of benzene rings is 4. The van der Waals surface area contributed by atoms with E-state index < -0.39 is 66.9 Å². The van der Waals surface area contributed by atoms with Gasteiger partial charge in [0.25, 0.3) is 0 Å². The summed E-state index contributed by atoms with van der Waals surface area (Å²) in [6.45, 7) is -0.540. The number of carbonyl (C=O) groups is 1. The number of aromatic hydroxyl groups is 1.